The fourth-order valence-electron chi connectivity index (χ4n) is 4.81. The van der Waals surface area contributed by atoms with Crippen molar-refractivity contribution in [3.05, 3.63) is 29.3 Å². The Balaban J connectivity index is 1.31. The molecule has 0 radical (unpaired) electrons. The number of aryl methyl sites for hydroxylation is 1. The minimum atomic E-state index is 0.621. The van der Waals surface area contributed by atoms with E-state index < -0.39 is 0 Å². The molecule has 2 aliphatic rings. The van der Waals surface area contributed by atoms with Crippen molar-refractivity contribution >= 4 is 28.3 Å². The summed E-state index contributed by atoms with van der Waals surface area (Å²) in [5.74, 6) is 0. The summed E-state index contributed by atoms with van der Waals surface area (Å²) in [5, 5.41) is 3.66. The molecule has 0 bridgehead atoms. The van der Waals surface area contributed by atoms with Crippen LogP contribution in [0.1, 0.15) is 49.7 Å². The Morgan fingerprint density at radius 1 is 1.10 bits per heavy atom. The van der Waals surface area contributed by atoms with Gasteiger partial charge in [-0.25, -0.2) is 0 Å². The van der Waals surface area contributed by atoms with Gasteiger partial charge in [-0.2, -0.15) is 0 Å². The Bertz CT molecular complexity index is 639. The first-order valence-electron chi connectivity index (χ1n) is 12.2. The fraction of sp³-hybridized carbons (Fsp3) is 0.760. The number of unbranched alkanes of at least 4 members (excludes halogenated alkanes) is 3. The number of hydrogen-bond acceptors (Lipinski definition) is 5. The van der Waals surface area contributed by atoms with Gasteiger partial charge in [-0.1, -0.05) is 41.5 Å². The molecule has 0 unspecified atom stereocenters. The van der Waals surface area contributed by atoms with E-state index in [0.717, 1.165) is 49.9 Å². The zero-order valence-corrected chi connectivity index (χ0v) is 21.7. The molecule has 0 amide bonds. The summed E-state index contributed by atoms with van der Waals surface area (Å²) in [4.78, 5) is 5.15. The lowest BCUT2D eigenvalue weighted by atomic mass is 10.0. The van der Waals surface area contributed by atoms with E-state index in [4.69, 9.17) is 9.47 Å². The Morgan fingerprint density at radius 2 is 1.90 bits per heavy atom. The van der Waals surface area contributed by atoms with Crippen molar-refractivity contribution in [3.8, 4) is 0 Å². The molecule has 5 nitrogen and oxygen atoms in total. The zero-order valence-electron chi connectivity index (χ0n) is 19.6. The van der Waals surface area contributed by atoms with Gasteiger partial charge in [0.15, 0.2) is 0 Å². The first kappa shape index (κ1) is 25.2. The molecule has 1 N–H and O–H groups in total. The van der Waals surface area contributed by atoms with E-state index in [1.165, 1.54) is 68.4 Å². The third-order valence-electron chi connectivity index (χ3n) is 6.48. The minimum Gasteiger partial charge on any atom is -0.385 e. The fourth-order valence-corrected chi connectivity index (χ4v) is 5.68. The molecule has 2 heterocycles. The standard InChI is InChI=1S/C25H42IN3O2/c1-21-15-22(19-28-11-13-31-14-12-28)17-24(16-21)27-8-5-3-4-6-9-29-10-7-23(26)18-25(29)20-30-2/h15-17,23,25,27H,3-14,18-20H2,1-2H3/t23-,25+/m1/s1. The van der Waals surface area contributed by atoms with Gasteiger partial charge in [-0.05, 0) is 69.0 Å². The van der Waals surface area contributed by atoms with Gasteiger partial charge >= 0.3 is 0 Å². The van der Waals surface area contributed by atoms with Crippen LogP contribution in [0.2, 0.25) is 0 Å². The number of methoxy groups -OCH3 is 1. The number of likely N-dealkylation sites (tertiary alicyclic amines) is 1. The highest BCUT2D eigenvalue weighted by molar-refractivity contribution is 14.1. The molecular formula is C25H42IN3O2. The van der Waals surface area contributed by atoms with Crippen LogP contribution in [0.4, 0.5) is 5.69 Å². The van der Waals surface area contributed by atoms with E-state index in [0.29, 0.717) is 6.04 Å². The molecule has 2 saturated heterocycles. The second-order valence-electron chi connectivity index (χ2n) is 9.20. The van der Waals surface area contributed by atoms with Gasteiger partial charge in [-0.3, -0.25) is 9.80 Å². The number of anilines is 1. The molecule has 1 aromatic carbocycles. The predicted molar refractivity (Wildman–Crippen MR) is 139 cm³/mol. The van der Waals surface area contributed by atoms with Gasteiger partial charge in [0.05, 0.1) is 19.8 Å². The van der Waals surface area contributed by atoms with E-state index in [-0.39, 0.29) is 0 Å². The Hall–Kier alpha value is -0.410. The lowest BCUT2D eigenvalue weighted by Crippen LogP contribution is -2.45. The molecule has 0 spiro atoms. The van der Waals surface area contributed by atoms with E-state index in [1.807, 2.05) is 7.11 Å². The number of morpholine rings is 1. The molecule has 0 saturated carbocycles. The van der Waals surface area contributed by atoms with Crippen LogP contribution >= 0.6 is 22.6 Å². The van der Waals surface area contributed by atoms with E-state index in [9.17, 15) is 0 Å². The van der Waals surface area contributed by atoms with Crippen molar-refractivity contribution in [2.75, 3.05) is 65.0 Å². The molecule has 176 valence electrons. The maximum Gasteiger partial charge on any atom is 0.0618 e. The van der Waals surface area contributed by atoms with Crippen LogP contribution in [0.15, 0.2) is 18.2 Å². The smallest absolute Gasteiger partial charge is 0.0618 e. The van der Waals surface area contributed by atoms with Crippen molar-refractivity contribution in [2.24, 2.45) is 0 Å². The summed E-state index contributed by atoms with van der Waals surface area (Å²) in [5.41, 5.74) is 4.02. The third kappa shape index (κ3) is 9.16. The number of benzene rings is 1. The number of ether oxygens (including phenoxy) is 2. The molecule has 0 aromatic heterocycles. The van der Waals surface area contributed by atoms with Crippen LogP contribution in [-0.2, 0) is 16.0 Å². The molecule has 6 heteroatoms. The van der Waals surface area contributed by atoms with E-state index in [1.54, 1.807) is 0 Å². The van der Waals surface area contributed by atoms with Gasteiger partial charge < -0.3 is 14.8 Å². The summed E-state index contributed by atoms with van der Waals surface area (Å²) in [7, 11) is 1.84. The van der Waals surface area contributed by atoms with Crippen LogP contribution < -0.4 is 5.32 Å². The van der Waals surface area contributed by atoms with Crippen LogP contribution in [-0.4, -0.2) is 79.4 Å². The molecule has 2 aliphatic heterocycles. The second kappa shape index (κ2) is 14.0. The largest absolute Gasteiger partial charge is 0.385 e. The first-order valence-corrected chi connectivity index (χ1v) is 13.4. The summed E-state index contributed by atoms with van der Waals surface area (Å²) in [6, 6.07) is 7.54. The van der Waals surface area contributed by atoms with Gasteiger partial charge in [-0.15, -0.1) is 0 Å². The van der Waals surface area contributed by atoms with Gasteiger partial charge in [0.2, 0.25) is 0 Å². The maximum absolute atomic E-state index is 5.47. The number of nitrogens with zero attached hydrogens (tertiary/aromatic N) is 2. The molecule has 1 aromatic rings. The highest BCUT2D eigenvalue weighted by Gasteiger charge is 2.26. The SMILES string of the molecule is COC[C@@H]1C[C@H](I)CCN1CCCCCCNc1cc(C)cc(CN2CCOCC2)c1. The summed E-state index contributed by atoms with van der Waals surface area (Å²) in [6.45, 7) is 11.4. The third-order valence-corrected chi connectivity index (χ3v) is 7.61. The minimum absolute atomic E-state index is 0.621. The lowest BCUT2D eigenvalue weighted by molar-refractivity contribution is 0.0342. The normalized spacial score (nSPS) is 23.2. The molecule has 3 rings (SSSR count). The number of halogens is 1. The number of piperidine rings is 1. The van der Waals surface area contributed by atoms with E-state index in [2.05, 4.69) is 62.8 Å². The topological polar surface area (TPSA) is 37.0 Å². The Kier molecular flexibility index (Phi) is 11.4. The molecule has 2 atom stereocenters. The Labute approximate surface area is 203 Å². The van der Waals surface area contributed by atoms with Crippen molar-refractivity contribution < 1.29 is 9.47 Å². The van der Waals surface area contributed by atoms with Crippen molar-refractivity contribution in [3.63, 3.8) is 0 Å². The van der Waals surface area contributed by atoms with Crippen LogP contribution in [0, 0.1) is 6.92 Å². The lowest BCUT2D eigenvalue weighted by Gasteiger charge is -2.37. The second-order valence-corrected chi connectivity index (χ2v) is 11.0. The number of nitrogens with one attached hydrogen (secondary N) is 1. The van der Waals surface area contributed by atoms with Crippen LogP contribution in [0.25, 0.3) is 0 Å². The quantitative estimate of drug-likeness (QED) is 0.235. The molecule has 0 aliphatic carbocycles. The van der Waals surface area contributed by atoms with Crippen molar-refractivity contribution in [1.29, 1.82) is 0 Å². The van der Waals surface area contributed by atoms with Gasteiger partial charge in [0, 0.05) is 48.9 Å². The maximum atomic E-state index is 5.47. The average molecular weight is 544 g/mol. The molecule has 2 fully saturated rings. The van der Waals surface area contributed by atoms with Crippen LogP contribution in [0.3, 0.4) is 0 Å². The average Bonchev–Trinajstić information content (AvgIpc) is 2.75. The number of alkyl halides is 1. The number of rotatable bonds is 12. The monoisotopic (exact) mass is 543 g/mol. The van der Waals surface area contributed by atoms with Gasteiger partial charge in [0.25, 0.3) is 0 Å². The van der Waals surface area contributed by atoms with Crippen molar-refractivity contribution in [2.45, 2.75) is 62.0 Å². The highest BCUT2D eigenvalue weighted by Crippen LogP contribution is 2.24. The van der Waals surface area contributed by atoms with Crippen molar-refractivity contribution in [1.82, 2.24) is 9.80 Å². The summed E-state index contributed by atoms with van der Waals surface area (Å²) >= 11 is 2.61. The highest BCUT2D eigenvalue weighted by atomic mass is 127. The van der Waals surface area contributed by atoms with Crippen LogP contribution in [0.5, 0.6) is 0 Å². The molecule has 31 heavy (non-hydrogen) atoms. The zero-order chi connectivity index (χ0) is 21.9. The van der Waals surface area contributed by atoms with Gasteiger partial charge in [0.1, 0.15) is 0 Å². The molecular weight excluding hydrogens is 501 g/mol. The Morgan fingerprint density at radius 3 is 2.71 bits per heavy atom. The first-order chi connectivity index (χ1) is 15.1. The summed E-state index contributed by atoms with van der Waals surface area (Å²) < 4.78 is 11.7. The summed E-state index contributed by atoms with van der Waals surface area (Å²) in [6.07, 6.45) is 7.78. The predicted octanol–water partition coefficient (Wildman–Crippen LogP) is 4.71. The van der Waals surface area contributed by atoms with E-state index >= 15 is 0 Å². The number of hydrogen-bond donors (Lipinski definition) is 1.